The van der Waals surface area contributed by atoms with Crippen molar-refractivity contribution in [3.63, 3.8) is 0 Å². The molecule has 508 valence electrons. The van der Waals surface area contributed by atoms with Crippen LogP contribution in [0, 0.1) is 107 Å². The predicted octanol–water partition coefficient (Wildman–Crippen LogP) is 5.30. The molecule has 0 spiro atoms. The van der Waals surface area contributed by atoms with Gasteiger partial charge in [-0.3, -0.25) is 29.6 Å². The maximum absolute atomic E-state index is 11.8. The molecule has 28 nitrogen and oxygen atoms in total. The van der Waals surface area contributed by atoms with E-state index in [0.29, 0.717) is 45.0 Å². The third-order valence-corrected chi connectivity index (χ3v) is 10.2. The summed E-state index contributed by atoms with van der Waals surface area (Å²) in [6.45, 7) is 0. The zero-order valence-corrected chi connectivity index (χ0v) is 56.7. The van der Waals surface area contributed by atoms with Crippen LogP contribution in [0.5, 0.6) is 69.0 Å². The summed E-state index contributed by atoms with van der Waals surface area (Å²) in [6.07, 6.45) is 7.01. The number of amides is 2. The standard InChI is InChI=1S/4C14H13NO3.2C3H7NO.2Dy.2NO3.2Ni/c4*1-18-13-8-4-5-10(14(13)17)9-15-11-6-2-3-7-12(11)16;2*1-4(2)3-5;;;2*2-1(3)4;;/h4*2-9,16-17H,1H3;2*3H,1-2H3;;;;;;/q;;;;;;;+3;2*-1;+2;+3/p-8. The second-order valence-corrected chi connectivity index (χ2v) is 17.0. The van der Waals surface area contributed by atoms with Gasteiger partial charge in [0.1, 0.15) is 23.0 Å². The first-order chi connectivity index (χ1) is 42.9. The van der Waals surface area contributed by atoms with Crippen molar-refractivity contribution in [3.8, 4) is 69.0 Å². The first-order valence-corrected chi connectivity index (χ1v) is 25.3. The van der Waals surface area contributed by atoms with Gasteiger partial charge in [0.2, 0.25) is 12.8 Å². The molecule has 2 radical (unpaired) electrons. The number of hydrogen-bond acceptors (Lipinski definition) is 24. The summed E-state index contributed by atoms with van der Waals surface area (Å²) in [7, 11) is 12.5. The van der Waals surface area contributed by atoms with E-state index in [4.69, 9.17) is 49.6 Å². The zero-order chi connectivity index (χ0) is 67.6. The minimum atomic E-state index is -1.75. The molecule has 0 saturated heterocycles. The van der Waals surface area contributed by atoms with Gasteiger partial charge < -0.3 is 100 Å². The van der Waals surface area contributed by atoms with Crippen LogP contribution in [0.4, 0.5) is 22.7 Å². The van der Waals surface area contributed by atoms with Crippen molar-refractivity contribution in [2.75, 3.05) is 56.6 Å². The Balaban J connectivity index is -0.000000520. The van der Waals surface area contributed by atoms with Gasteiger partial charge in [-0.05, 0) is 70.8 Å². The van der Waals surface area contributed by atoms with Gasteiger partial charge in [-0.25, -0.2) is 0 Å². The third-order valence-electron chi connectivity index (χ3n) is 10.2. The molecule has 8 rings (SSSR count). The van der Waals surface area contributed by atoms with Crippen LogP contribution in [0.3, 0.4) is 0 Å². The maximum Gasteiger partial charge on any atom is 3.00 e. The van der Waals surface area contributed by atoms with E-state index in [-0.39, 0.29) is 178 Å². The van der Waals surface area contributed by atoms with Gasteiger partial charge in [-0.15, -0.1) is 0 Å². The third kappa shape index (κ3) is 36.8. The van der Waals surface area contributed by atoms with Crippen LogP contribution < -0.4 is 59.8 Å². The van der Waals surface area contributed by atoms with E-state index in [2.05, 4.69) is 20.0 Å². The number of methoxy groups -OCH3 is 4. The molecule has 8 aromatic rings. The van der Waals surface area contributed by atoms with E-state index in [0.717, 1.165) is 12.8 Å². The summed E-state index contributed by atoms with van der Waals surface area (Å²) in [5.74, 6) is -0.646. The van der Waals surface area contributed by atoms with Crippen molar-refractivity contribution in [2.24, 2.45) is 20.0 Å². The minimum Gasteiger partial charge on any atom is -0.871 e. The molecule has 0 bridgehead atoms. The fourth-order valence-corrected chi connectivity index (χ4v) is 5.99. The molecule has 0 aliphatic heterocycles. The number of para-hydroxylation sites is 12. The van der Waals surface area contributed by atoms with Gasteiger partial charge in [0.05, 0.1) is 61.4 Å². The first-order valence-electron chi connectivity index (χ1n) is 25.3. The molecule has 0 aromatic heterocycles. The van der Waals surface area contributed by atoms with Gasteiger partial charge in [0, 0.05) is 91.2 Å². The van der Waals surface area contributed by atoms with Crippen molar-refractivity contribution in [2.45, 2.75) is 0 Å². The molecule has 0 unspecified atom stereocenters. The normalized spacial score (nSPS) is 9.45. The number of carbonyl (C=O) groups is 2. The fraction of sp³-hybridized carbons (Fsp3) is 0.129. The van der Waals surface area contributed by atoms with E-state index in [1.54, 1.807) is 174 Å². The molecule has 0 atom stereocenters. The van der Waals surface area contributed by atoms with E-state index >= 15 is 0 Å². The molecule has 94 heavy (non-hydrogen) atoms. The Morgan fingerprint density at radius 3 is 0.649 bits per heavy atom. The number of ether oxygens (including phenoxy) is 4. The zero-order valence-electron chi connectivity index (χ0n) is 50.6. The van der Waals surface area contributed by atoms with E-state index < -0.39 is 10.2 Å². The Morgan fingerprint density at radius 1 is 0.351 bits per heavy atom. The van der Waals surface area contributed by atoms with Crippen LogP contribution in [0.15, 0.2) is 190 Å². The summed E-state index contributed by atoms with van der Waals surface area (Å²) >= 11 is 0. The van der Waals surface area contributed by atoms with Gasteiger partial charge >= 0.3 is 71.2 Å². The molecular formula is C62H58Dy2N8Ni2O20-2. The summed E-state index contributed by atoms with van der Waals surface area (Å²) in [6, 6.07) is 45.2. The summed E-state index contributed by atoms with van der Waals surface area (Å²) < 4.78 is 19.7. The van der Waals surface area contributed by atoms with Crippen LogP contribution in [0.1, 0.15) is 22.3 Å². The van der Waals surface area contributed by atoms with E-state index in [1.807, 2.05) is 0 Å². The summed E-state index contributed by atoms with van der Waals surface area (Å²) in [5, 5.41) is 122. The molecular weight excluding hydrogens is 1620 g/mol. The van der Waals surface area contributed by atoms with Crippen LogP contribution in [0.2, 0.25) is 0 Å². The van der Waals surface area contributed by atoms with Crippen molar-refractivity contribution >= 4 is 60.4 Å². The van der Waals surface area contributed by atoms with E-state index in [1.165, 1.54) is 87.4 Å². The van der Waals surface area contributed by atoms with Crippen molar-refractivity contribution in [3.05, 3.63) is 223 Å². The molecule has 0 aliphatic rings. The first kappa shape index (κ1) is 91.3. The molecule has 0 N–H and O–H groups in total. The monoisotopic (exact) mass is 1680 g/mol. The molecule has 0 fully saturated rings. The van der Waals surface area contributed by atoms with Crippen LogP contribution in [-0.2, 0) is 42.6 Å². The van der Waals surface area contributed by atoms with Crippen LogP contribution in [0.25, 0.3) is 0 Å². The number of nitrogens with zero attached hydrogens (tertiary/aromatic N) is 8. The Kier molecular flexibility index (Phi) is 50.9. The Bertz CT molecular complexity index is 3200. The molecule has 2 amide bonds. The van der Waals surface area contributed by atoms with Crippen molar-refractivity contribution in [1.82, 2.24) is 9.80 Å². The molecule has 0 heterocycles. The summed E-state index contributed by atoms with van der Waals surface area (Å²) in [4.78, 5) is 54.3. The number of aliphatic imine (C=N–C) groups is 4. The van der Waals surface area contributed by atoms with Crippen molar-refractivity contribution < 1.29 is 189 Å². The minimum absolute atomic E-state index is 0. The second kappa shape index (κ2) is 52.4. The fourth-order valence-electron chi connectivity index (χ4n) is 5.99. The SMILES string of the molecule is CN(C)C=O.CN(C)C=O.COc1cccc(C=Nc2ccccc2[O-])c1[O-].COc1cccc(C=Nc2ccccc2[O-])c1[O-].COc1cccc(C=Nc2ccccc2[O-])c1[O-].COc1cccc(C=Nc2ccccc2[O-])c1[O-].O=[N+]([O-])[O-].O=[N+]([O-])[O-].[Dy+3].[Dy].[Ni+2].[Ni+3]. The number of rotatable bonds is 14. The van der Waals surface area contributed by atoms with E-state index in [9.17, 15) is 50.4 Å². The molecule has 8 aromatic carbocycles. The number of benzene rings is 8. The van der Waals surface area contributed by atoms with Gasteiger partial charge in [-0.2, -0.15) is 0 Å². The molecule has 0 saturated carbocycles. The predicted molar refractivity (Wildman–Crippen MR) is 323 cm³/mol. The molecule has 0 aliphatic carbocycles. The van der Waals surface area contributed by atoms with Gasteiger partial charge in [-0.1, -0.05) is 167 Å². The van der Waals surface area contributed by atoms with Crippen LogP contribution >= 0.6 is 0 Å². The smallest absolute Gasteiger partial charge is 0.871 e. The Labute approximate surface area is 621 Å². The molecule has 32 heteroatoms. The largest absolute Gasteiger partial charge is 3.00 e. The second-order valence-electron chi connectivity index (χ2n) is 17.0. The van der Waals surface area contributed by atoms with Gasteiger partial charge in [0.25, 0.3) is 0 Å². The topological polar surface area (TPSA) is 444 Å². The quantitative estimate of drug-likeness (QED) is 0.0438. The summed E-state index contributed by atoms with van der Waals surface area (Å²) in [5.41, 5.74) is 2.77. The Hall–Kier alpha value is -9.09. The average molecular weight is 1680 g/mol. The van der Waals surface area contributed by atoms with Crippen molar-refractivity contribution in [1.29, 1.82) is 0 Å². The van der Waals surface area contributed by atoms with Crippen LogP contribution in [-0.4, -0.2) is 114 Å². The Morgan fingerprint density at radius 2 is 0.511 bits per heavy atom. The average Bonchev–Trinajstić information content (AvgIpc) is 0.984. The number of hydrogen-bond donors (Lipinski definition) is 0. The number of carbonyl (C=O) groups excluding carboxylic acids is 2. The maximum atomic E-state index is 11.8. The van der Waals surface area contributed by atoms with Gasteiger partial charge in [0.15, 0.2) is 0 Å².